The fraction of sp³-hybridized carbons (Fsp3) is 0.368. The van der Waals surface area contributed by atoms with Gasteiger partial charge in [0, 0.05) is 11.9 Å². The fourth-order valence-electron chi connectivity index (χ4n) is 3.35. The average molecular weight is 342 g/mol. The maximum absolute atomic E-state index is 13.0. The highest BCUT2D eigenvalue weighted by Gasteiger charge is 2.30. The van der Waals surface area contributed by atoms with Gasteiger partial charge >= 0.3 is 0 Å². The molecule has 3 rings (SSSR count). The minimum Gasteiger partial charge on any atom is -0.366 e. The van der Waals surface area contributed by atoms with Crippen LogP contribution >= 0.6 is 11.3 Å². The Balaban J connectivity index is 1.93. The van der Waals surface area contributed by atoms with Crippen LogP contribution in [0.1, 0.15) is 62.0 Å². The van der Waals surface area contributed by atoms with Crippen molar-refractivity contribution in [1.82, 2.24) is 4.90 Å². The van der Waals surface area contributed by atoms with E-state index in [1.807, 2.05) is 4.90 Å². The van der Waals surface area contributed by atoms with Gasteiger partial charge in [0.25, 0.3) is 5.91 Å². The molecule has 0 saturated carbocycles. The maximum Gasteiger partial charge on any atom is 0.264 e. The normalized spacial score (nSPS) is 17.8. The van der Waals surface area contributed by atoms with Crippen molar-refractivity contribution in [2.75, 3.05) is 6.54 Å². The number of carbonyl (C=O) groups is 2. The van der Waals surface area contributed by atoms with Gasteiger partial charge in [0.2, 0.25) is 5.91 Å². The highest BCUT2D eigenvalue weighted by atomic mass is 32.1. The van der Waals surface area contributed by atoms with Crippen LogP contribution in [-0.2, 0) is 0 Å². The van der Waals surface area contributed by atoms with Crippen LogP contribution in [0.5, 0.6) is 0 Å². The van der Waals surface area contributed by atoms with E-state index in [0.29, 0.717) is 10.4 Å². The molecule has 1 aliphatic rings. The molecule has 2 amide bonds. The molecule has 5 heteroatoms. The number of likely N-dealkylation sites (tertiary alicyclic amines) is 1. The van der Waals surface area contributed by atoms with E-state index >= 15 is 0 Å². The van der Waals surface area contributed by atoms with Gasteiger partial charge in [0.15, 0.2) is 0 Å². The van der Waals surface area contributed by atoms with E-state index in [1.54, 1.807) is 11.4 Å². The molecule has 2 heterocycles. The van der Waals surface area contributed by atoms with Gasteiger partial charge in [-0.25, -0.2) is 0 Å². The zero-order valence-corrected chi connectivity index (χ0v) is 14.9. The summed E-state index contributed by atoms with van der Waals surface area (Å²) in [5, 5.41) is 1.66. The molecule has 1 fully saturated rings. The summed E-state index contributed by atoms with van der Waals surface area (Å²) in [7, 11) is 0. The largest absolute Gasteiger partial charge is 0.366 e. The molecule has 2 aromatic rings. The van der Waals surface area contributed by atoms with E-state index in [0.717, 1.165) is 25.8 Å². The first kappa shape index (κ1) is 16.7. The van der Waals surface area contributed by atoms with E-state index in [1.165, 1.54) is 28.0 Å². The number of carbonyl (C=O) groups excluding carboxylic acids is 2. The third-order valence-electron chi connectivity index (χ3n) is 4.86. The van der Waals surface area contributed by atoms with Crippen molar-refractivity contribution in [3.8, 4) is 0 Å². The number of primary amides is 1. The van der Waals surface area contributed by atoms with Crippen molar-refractivity contribution in [3.05, 3.63) is 56.8 Å². The van der Waals surface area contributed by atoms with Gasteiger partial charge in [-0.05, 0) is 55.9 Å². The number of rotatable bonds is 3. The van der Waals surface area contributed by atoms with Crippen LogP contribution in [0.4, 0.5) is 0 Å². The Morgan fingerprint density at radius 1 is 1.25 bits per heavy atom. The molecule has 0 radical (unpaired) electrons. The van der Waals surface area contributed by atoms with Gasteiger partial charge in [-0.2, -0.15) is 0 Å². The summed E-state index contributed by atoms with van der Waals surface area (Å²) >= 11 is 1.29. The lowest BCUT2D eigenvalue weighted by molar-refractivity contribution is 0.0616. The Bertz CT molecular complexity index is 781. The average Bonchev–Trinajstić information content (AvgIpc) is 3.07. The molecular formula is C19H22N2O2S. The lowest BCUT2D eigenvalue weighted by atomic mass is 9.90. The van der Waals surface area contributed by atoms with Crippen molar-refractivity contribution in [2.45, 2.75) is 39.2 Å². The van der Waals surface area contributed by atoms with Crippen LogP contribution in [0.25, 0.3) is 0 Å². The van der Waals surface area contributed by atoms with E-state index in [-0.39, 0.29) is 11.9 Å². The topological polar surface area (TPSA) is 63.4 Å². The number of amides is 2. The predicted octanol–water partition coefficient (Wildman–Crippen LogP) is 3.83. The summed E-state index contributed by atoms with van der Waals surface area (Å²) in [6.45, 7) is 4.98. The summed E-state index contributed by atoms with van der Waals surface area (Å²) < 4.78 is 0. The SMILES string of the molecule is Cc1cccc(C2CCCCN2C(=O)c2cc(C(N)=O)cs2)c1C. The summed E-state index contributed by atoms with van der Waals surface area (Å²) in [4.78, 5) is 26.8. The second-order valence-corrected chi connectivity index (χ2v) is 7.27. The molecule has 0 spiro atoms. The van der Waals surface area contributed by atoms with Gasteiger partial charge in [-0.1, -0.05) is 18.2 Å². The zero-order valence-electron chi connectivity index (χ0n) is 14.0. The van der Waals surface area contributed by atoms with Gasteiger partial charge in [0.1, 0.15) is 0 Å². The summed E-state index contributed by atoms with van der Waals surface area (Å²) in [5.41, 5.74) is 9.44. The number of piperidine rings is 1. The summed E-state index contributed by atoms with van der Waals surface area (Å²) in [5.74, 6) is -0.492. The number of benzene rings is 1. The minimum absolute atomic E-state index is 0.00175. The third-order valence-corrected chi connectivity index (χ3v) is 5.78. The lowest BCUT2D eigenvalue weighted by Crippen LogP contribution is -2.38. The molecule has 4 nitrogen and oxygen atoms in total. The molecule has 0 bridgehead atoms. The first-order valence-corrected chi connectivity index (χ1v) is 9.12. The van der Waals surface area contributed by atoms with Crippen LogP contribution in [0.2, 0.25) is 0 Å². The molecule has 24 heavy (non-hydrogen) atoms. The number of hydrogen-bond donors (Lipinski definition) is 1. The molecule has 1 unspecified atom stereocenters. The standard InChI is InChI=1S/C19H22N2O2S/c1-12-6-5-7-15(13(12)2)16-8-3-4-9-21(16)19(23)17-10-14(11-24-17)18(20)22/h5-7,10-11,16H,3-4,8-9H2,1-2H3,(H2,20,22). The Hall–Kier alpha value is -2.14. The molecular weight excluding hydrogens is 320 g/mol. The highest BCUT2D eigenvalue weighted by molar-refractivity contribution is 7.12. The minimum atomic E-state index is -0.491. The van der Waals surface area contributed by atoms with Crippen molar-refractivity contribution < 1.29 is 9.59 Å². The number of hydrogen-bond acceptors (Lipinski definition) is 3. The molecule has 126 valence electrons. The van der Waals surface area contributed by atoms with Gasteiger partial charge in [-0.15, -0.1) is 11.3 Å². The Labute approximate surface area is 146 Å². The predicted molar refractivity (Wildman–Crippen MR) is 96.4 cm³/mol. The maximum atomic E-state index is 13.0. The van der Waals surface area contributed by atoms with Gasteiger partial charge in [0.05, 0.1) is 16.5 Å². The second kappa shape index (κ2) is 6.77. The number of thiophene rings is 1. The number of nitrogens with two attached hydrogens (primary N) is 1. The quantitative estimate of drug-likeness (QED) is 0.921. The first-order valence-electron chi connectivity index (χ1n) is 8.24. The molecule has 1 atom stereocenters. The smallest absolute Gasteiger partial charge is 0.264 e. The Kier molecular flexibility index (Phi) is 4.71. The van der Waals surface area contributed by atoms with Crippen LogP contribution in [-0.4, -0.2) is 23.3 Å². The zero-order chi connectivity index (χ0) is 17.3. The molecule has 1 aliphatic heterocycles. The van der Waals surface area contributed by atoms with E-state index in [2.05, 4.69) is 32.0 Å². The van der Waals surface area contributed by atoms with Gasteiger partial charge < -0.3 is 10.6 Å². The third kappa shape index (κ3) is 3.08. The lowest BCUT2D eigenvalue weighted by Gasteiger charge is -2.37. The highest BCUT2D eigenvalue weighted by Crippen LogP contribution is 2.35. The van der Waals surface area contributed by atoms with E-state index in [4.69, 9.17) is 5.73 Å². The van der Waals surface area contributed by atoms with E-state index in [9.17, 15) is 9.59 Å². The number of nitrogens with zero attached hydrogens (tertiary/aromatic N) is 1. The molecule has 0 aliphatic carbocycles. The van der Waals surface area contributed by atoms with Gasteiger partial charge in [-0.3, -0.25) is 9.59 Å². The fourth-order valence-corrected chi connectivity index (χ4v) is 4.20. The Morgan fingerprint density at radius 3 is 2.75 bits per heavy atom. The van der Waals surface area contributed by atoms with Crippen molar-refractivity contribution in [1.29, 1.82) is 0 Å². The first-order chi connectivity index (χ1) is 11.5. The molecule has 2 N–H and O–H groups in total. The molecule has 1 aromatic carbocycles. The van der Waals surface area contributed by atoms with Crippen molar-refractivity contribution >= 4 is 23.2 Å². The van der Waals surface area contributed by atoms with Crippen LogP contribution in [0.3, 0.4) is 0 Å². The second-order valence-electron chi connectivity index (χ2n) is 6.36. The van der Waals surface area contributed by atoms with Crippen molar-refractivity contribution in [3.63, 3.8) is 0 Å². The number of aryl methyl sites for hydroxylation is 1. The summed E-state index contributed by atoms with van der Waals surface area (Å²) in [6.07, 6.45) is 3.12. The molecule has 1 aromatic heterocycles. The monoisotopic (exact) mass is 342 g/mol. The molecule has 1 saturated heterocycles. The van der Waals surface area contributed by atoms with E-state index < -0.39 is 5.91 Å². The summed E-state index contributed by atoms with van der Waals surface area (Å²) in [6, 6.07) is 8.01. The van der Waals surface area contributed by atoms with Crippen LogP contribution in [0.15, 0.2) is 29.6 Å². The van der Waals surface area contributed by atoms with Crippen LogP contribution < -0.4 is 5.73 Å². The van der Waals surface area contributed by atoms with Crippen molar-refractivity contribution in [2.24, 2.45) is 5.73 Å². The van der Waals surface area contributed by atoms with Crippen LogP contribution in [0, 0.1) is 13.8 Å². The Morgan fingerprint density at radius 2 is 2.04 bits per heavy atom.